The monoisotopic (exact) mass is 483 g/mol. The van der Waals surface area contributed by atoms with E-state index in [1.54, 1.807) is 55.5 Å². The first-order valence-electron chi connectivity index (χ1n) is 10.9. The third kappa shape index (κ3) is 3.90. The summed E-state index contributed by atoms with van der Waals surface area (Å²) < 4.78 is 35.6. The second-order valence-electron chi connectivity index (χ2n) is 8.31. The summed E-state index contributed by atoms with van der Waals surface area (Å²) in [5, 5.41) is -1.14. The van der Waals surface area contributed by atoms with Gasteiger partial charge in [0.1, 0.15) is 10.1 Å². The minimum atomic E-state index is -4.02. The summed E-state index contributed by atoms with van der Waals surface area (Å²) >= 11 is 0. The maximum Gasteiger partial charge on any atom is 0.331 e. The Labute approximate surface area is 198 Å². The molecule has 0 unspecified atom stereocenters. The van der Waals surface area contributed by atoms with Gasteiger partial charge >= 0.3 is 11.9 Å². The molecule has 0 aromatic heterocycles. The van der Waals surface area contributed by atoms with Gasteiger partial charge in [0.25, 0.3) is 0 Å². The molecule has 0 aliphatic carbocycles. The van der Waals surface area contributed by atoms with Gasteiger partial charge in [-0.15, -0.1) is 0 Å². The number of esters is 2. The SMILES string of the molecule is CCOC(=O)C=C[C@@]1(C)[C@H](C(=O)OC(c2ccccc2)c2ccccc2)N2C(=O)C[C@H]2S1(=O)=O. The first kappa shape index (κ1) is 23.7. The summed E-state index contributed by atoms with van der Waals surface area (Å²) in [5.74, 6) is -2.06. The number of hydrogen-bond acceptors (Lipinski definition) is 7. The average molecular weight is 484 g/mol. The highest BCUT2D eigenvalue weighted by atomic mass is 32.2. The van der Waals surface area contributed by atoms with Crippen molar-refractivity contribution in [3.63, 3.8) is 0 Å². The molecule has 2 aromatic carbocycles. The highest BCUT2D eigenvalue weighted by molar-refractivity contribution is 7.94. The van der Waals surface area contributed by atoms with Crippen molar-refractivity contribution in [2.75, 3.05) is 6.61 Å². The Balaban J connectivity index is 1.73. The van der Waals surface area contributed by atoms with E-state index >= 15 is 0 Å². The van der Waals surface area contributed by atoms with E-state index in [9.17, 15) is 22.8 Å². The van der Waals surface area contributed by atoms with Gasteiger partial charge in [0, 0.05) is 6.08 Å². The van der Waals surface area contributed by atoms with Gasteiger partial charge in [-0.05, 0) is 25.0 Å². The molecular weight excluding hydrogens is 458 g/mol. The normalized spacial score (nSPS) is 25.1. The third-order valence-electron chi connectivity index (χ3n) is 6.24. The molecule has 178 valence electrons. The maximum atomic E-state index is 13.6. The van der Waals surface area contributed by atoms with Crippen LogP contribution in [0.4, 0.5) is 0 Å². The Morgan fingerprint density at radius 1 is 1.09 bits per heavy atom. The van der Waals surface area contributed by atoms with E-state index in [1.807, 2.05) is 12.1 Å². The van der Waals surface area contributed by atoms with E-state index in [0.29, 0.717) is 11.1 Å². The molecule has 0 spiro atoms. The molecule has 34 heavy (non-hydrogen) atoms. The van der Waals surface area contributed by atoms with E-state index in [2.05, 4.69) is 0 Å². The molecule has 2 aromatic rings. The molecule has 8 nitrogen and oxygen atoms in total. The van der Waals surface area contributed by atoms with Crippen molar-refractivity contribution >= 4 is 27.7 Å². The lowest BCUT2D eigenvalue weighted by Gasteiger charge is -2.36. The van der Waals surface area contributed by atoms with Crippen LogP contribution in [-0.2, 0) is 33.7 Å². The molecule has 2 fully saturated rings. The minimum absolute atomic E-state index is 0.112. The lowest BCUT2D eigenvalue weighted by Crippen LogP contribution is -2.57. The predicted molar refractivity (Wildman–Crippen MR) is 123 cm³/mol. The molecule has 1 amide bonds. The molecule has 0 radical (unpaired) electrons. The molecule has 0 saturated carbocycles. The fraction of sp³-hybridized carbons (Fsp3) is 0.320. The number of β-lactam (4-membered cyclic amide) rings is 1. The van der Waals surface area contributed by atoms with Crippen molar-refractivity contribution in [3.05, 3.63) is 83.9 Å². The Morgan fingerprint density at radius 2 is 1.65 bits per heavy atom. The molecule has 4 rings (SSSR count). The fourth-order valence-electron chi connectivity index (χ4n) is 4.42. The average Bonchev–Trinajstić information content (AvgIpc) is 2.97. The molecule has 2 heterocycles. The van der Waals surface area contributed by atoms with Crippen LogP contribution in [-0.4, -0.2) is 53.9 Å². The van der Waals surface area contributed by atoms with E-state index in [-0.39, 0.29) is 13.0 Å². The van der Waals surface area contributed by atoms with Gasteiger partial charge in [-0.2, -0.15) is 0 Å². The smallest absolute Gasteiger partial charge is 0.331 e. The second kappa shape index (κ2) is 9.06. The van der Waals surface area contributed by atoms with Gasteiger partial charge in [-0.3, -0.25) is 4.79 Å². The van der Waals surface area contributed by atoms with Crippen LogP contribution in [0.25, 0.3) is 0 Å². The van der Waals surface area contributed by atoms with Crippen molar-refractivity contribution in [2.45, 2.75) is 42.5 Å². The number of fused-ring (bicyclic) bond motifs is 1. The van der Waals surface area contributed by atoms with Crippen LogP contribution in [0.2, 0.25) is 0 Å². The lowest BCUT2D eigenvalue weighted by molar-refractivity contribution is -0.163. The largest absolute Gasteiger partial charge is 0.463 e. The zero-order chi connectivity index (χ0) is 24.5. The van der Waals surface area contributed by atoms with Crippen molar-refractivity contribution < 1.29 is 32.3 Å². The first-order valence-corrected chi connectivity index (χ1v) is 12.5. The number of ether oxygens (including phenoxy) is 2. The summed E-state index contributed by atoms with van der Waals surface area (Å²) in [6.45, 7) is 3.06. The first-order chi connectivity index (χ1) is 16.2. The van der Waals surface area contributed by atoms with Gasteiger partial charge in [0.05, 0.1) is 13.0 Å². The highest BCUT2D eigenvalue weighted by Gasteiger charge is 2.69. The fourth-order valence-corrected chi connectivity index (χ4v) is 6.68. The number of carbonyl (C=O) groups excluding carboxylic acids is 3. The highest BCUT2D eigenvalue weighted by Crippen LogP contribution is 2.47. The molecule has 0 bridgehead atoms. The van der Waals surface area contributed by atoms with Crippen molar-refractivity contribution in [2.24, 2.45) is 0 Å². The zero-order valence-corrected chi connectivity index (χ0v) is 19.6. The van der Waals surface area contributed by atoms with Crippen LogP contribution in [0.3, 0.4) is 0 Å². The number of hydrogen-bond donors (Lipinski definition) is 0. The van der Waals surface area contributed by atoms with Gasteiger partial charge in [-0.25, -0.2) is 18.0 Å². The van der Waals surface area contributed by atoms with Crippen LogP contribution < -0.4 is 0 Å². The summed E-state index contributed by atoms with van der Waals surface area (Å²) in [6.07, 6.45) is 1.10. The van der Waals surface area contributed by atoms with Crippen molar-refractivity contribution in [3.8, 4) is 0 Å². The standard InChI is InChI=1S/C25H25NO7S/c1-3-32-21(28)14-15-25(2)23(26-19(27)16-20(26)34(25,30)31)24(29)33-22(17-10-6-4-7-11-17)18-12-8-5-9-13-18/h4-15,20,22-23H,3,16H2,1-2H3/t20-,23+,25+/m1/s1. The van der Waals surface area contributed by atoms with E-state index in [1.165, 1.54) is 6.92 Å². The summed E-state index contributed by atoms with van der Waals surface area (Å²) in [6, 6.07) is 16.6. The molecule has 2 aliphatic heterocycles. The van der Waals surface area contributed by atoms with Crippen LogP contribution >= 0.6 is 0 Å². The van der Waals surface area contributed by atoms with Gasteiger partial charge < -0.3 is 14.4 Å². The molecule has 2 saturated heterocycles. The Morgan fingerprint density at radius 3 is 2.15 bits per heavy atom. The van der Waals surface area contributed by atoms with Crippen LogP contribution in [0, 0.1) is 0 Å². The van der Waals surface area contributed by atoms with E-state index in [0.717, 1.165) is 17.1 Å². The summed E-state index contributed by atoms with van der Waals surface area (Å²) in [7, 11) is -4.02. The number of benzene rings is 2. The topological polar surface area (TPSA) is 107 Å². The van der Waals surface area contributed by atoms with Crippen LogP contribution in [0.5, 0.6) is 0 Å². The summed E-state index contributed by atoms with van der Waals surface area (Å²) in [4.78, 5) is 39.0. The number of sulfone groups is 1. The Hall–Kier alpha value is -3.46. The van der Waals surface area contributed by atoms with Gasteiger partial charge in [0.2, 0.25) is 5.91 Å². The Bertz CT molecular complexity index is 1190. The maximum absolute atomic E-state index is 13.6. The summed E-state index contributed by atoms with van der Waals surface area (Å²) in [5.41, 5.74) is 1.39. The van der Waals surface area contributed by atoms with Gasteiger partial charge in [-0.1, -0.05) is 66.7 Å². The number of amides is 1. The molecule has 3 atom stereocenters. The van der Waals surface area contributed by atoms with Crippen molar-refractivity contribution in [1.29, 1.82) is 0 Å². The van der Waals surface area contributed by atoms with E-state index < -0.39 is 49.9 Å². The zero-order valence-electron chi connectivity index (χ0n) is 18.8. The number of carbonyl (C=O) groups is 3. The quantitative estimate of drug-likeness (QED) is 0.338. The van der Waals surface area contributed by atoms with Crippen LogP contribution in [0.1, 0.15) is 37.5 Å². The Kier molecular flexibility index (Phi) is 6.31. The number of nitrogens with zero attached hydrogens (tertiary/aromatic N) is 1. The molecule has 2 aliphatic rings. The molecular formula is C25H25NO7S. The second-order valence-corrected chi connectivity index (χ2v) is 10.8. The van der Waals surface area contributed by atoms with Gasteiger partial charge in [0.15, 0.2) is 22.0 Å². The van der Waals surface area contributed by atoms with E-state index in [4.69, 9.17) is 9.47 Å². The van der Waals surface area contributed by atoms with Crippen molar-refractivity contribution in [1.82, 2.24) is 4.90 Å². The van der Waals surface area contributed by atoms with Crippen LogP contribution in [0.15, 0.2) is 72.8 Å². The lowest BCUT2D eigenvalue weighted by atomic mass is 9.95. The molecule has 0 N–H and O–H groups in total. The molecule has 9 heteroatoms. The third-order valence-corrected chi connectivity index (χ3v) is 8.93. The number of rotatable bonds is 7. The minimum Gasteiger partial charge on any atom is -0.463 e. The predicted octanol–water partition coefficient (Wildman–Crippen LogP) is 2.55.